The number of amides is 6. The predicted octanol–water partition coefficient (Wildman–Crippen LogP) is 0.544. The Morgan fingerprint density at radius 3 is 1.73 bits per heavy atom. The molecule has 4 atom stereocenters. The van der Waals surface area contributed by atoms with Crippen LogP contribution in [0.25, 0.3) is 0 Å². The standard InChI is InChI=1S/C44H69N9O12S/c1-5-6-30(2)34(42(63)45-12-13-53-38(56)23-31(3)43(53)64)24-36(54)35(11-22-66-4)48-44(65)47-33-9-7-32(8-10-33)25-46-37(55)26-49-14-16-50(27-39(57)58)18-20-52(29-41(61)62)21-19-51(17-15-49)28-40(59)60/h7-10,30-31,34-35H,5-6,11-29H2,1-4H3,(H,45,63)(H,46,55)(H,57,58)(H,59,60)(H,61,62)(H2,47,48,65)/t30-,31?,34-,35-/m0/s1. The predicted molar refractivity (Wildman–Crippen MR) is 247 cm³/mol. The van der Waals surface area contributed by atoms with Gasteiger partial charge in [0.05, 0.1) is 32.2 Å². The van der Waals surface area contributed by atoms with E-state index in [1.807, 2.05) is 25.0 Å². The van der Waals surface area contributed by atoms with Gasteiger partial charge < -0.3 is 36.6 Å². The second kappa shape index (κ2) is 28.8. The lowest BCUT2D eigenvalue weighted by atomic mass is 9.84. The number of carbonyl (C=O) groups is 9. The van der Waals surface area contributed by atoms with E-state index in [-0.39, 0.29) is 139 Å². The van der Waals surface area contributed by atoms with Gasteiger partial charge in [0.2, 0.25) is 23.6 Å². The molecule has 22 heteroatoms. The Bertz CT molecular complexity index is 1790. The second-order valence-corrected chi connectivity index (χ2v) is 18.0. The zero-order valence-corrected chi connectivity index (χ0v) is 39.4. The number of urea groups is 1. The number of nitrogens with one attached hydrogen (secondary N) is 4. The summed E-state index contributed by atoms with van der Waals surface area (Å²) in [5, 5.41) is 39.6. The van der Waals surface area contributed by atoms with Crippen molar-refractivity contribution in [1.82, 2.24) is 40.4 Å². The molecule has 66 heavy (non-hydrogen) atoms. The van der Waals surface area contributed by atoms with Crippen LogP contribution in [0.3, 0.4) is 0 Å². The van der Waals surface area contributed by atoms with Crippen LogP contribution in [-0.4, -0.2) is 203 Å². The topological polar surface area (TPSA) is 279 Å². The quantitative estimate of drug-likeness (QED) is 0.0659. The summed E-state index contributed by atoms with van der Waals surface area (Å²) in [4.78, 5) is 121. The largest absolute Gasteiger partial charge is 0.480 e. The van der Waals surface area contributed by atoms with E-state index in [1.165, 1.54) is 11.8 Å². The molecule has 0 saturated carbocycles. The first-order valence-corrected chi connectivity index (χ1v) is 23.9. The number of ketones is 1. The van der Waals surface area contributed by atoms with Crippen LogP contribution in [0.5, 0.6) is 0 Å². The Kier molecular flexibility index (Phi) is 24.1. The molecule has 21 nitrogen and oxygen atoms in total. The number of hydrogen-bond acceptors (Lipinski definition) is 14. The molecule has 2 fully saturated rings. The Hall–Kier alpha value is -5.16. The smallest absolute Gasteiger partial charge is 0.319 e. The highest BCUT2D eigenvalue weighted by atomic mass is 32.2. The molecular weight excluding hydrogens is 879 g/mol. The van der Waals surface area contributed by atoms with Crippen molar-refractivity contribution in [3.63, 3.8) is 0 Å². The molecule has 2 aliphatic rings. The number of imide groups is 1. The summed E-state index contributed by atoms with van der Waals surface area (Å²) >= 11 is 1.51. The van der Waals surface area contributed by atoms with E-state index in [1.54, 1.807) is 45.9 Å². The van der Waals surface area contributed by atoms with Gasteiger partial charge in [-0.05, 0) is 42.0 Å². The van der Waals surface area contributed by atoms with Crippen LogP contribution in [0.15, 0.2) is 24.3 Å². The average molecular weight is 948 g/mol. The minimum atomic E-state index is -1.05. The van der Waals surface area contributed by atoms with E-state index in [0.717, 1.165) is 16.9 Å². The summed E-state index contributed by atoms with van der Waals surface area (Å²) in [7, 11) is 0. The molecule has 1 aromatic carbocycles. The molecule has 0 spiro atoms. The zero-order chi connectivity index (χ0) is 48.8. The van der Waals surface area contributed by atoms with Crippen molar-refractivity contribution in [3.8, 4) is 0 Å². The van der Waals surface area contributed by atoms with Gasteiger partial charge in [0, 0.05) is 102 Å². The summed E-state index contributed by atoms with van der Waals surface area (Å²) in [5.74, 6) is -5.28. The van der Waals surface area contributed by atoms with Gasteiger partial charge in [0.15, 0.2) is 5.78 Å². The molecule has 2 saturated heterocycles. The number of hydrogen-bond donors (Lipinski definition) is 7. The normalized spacial score (nSPS) is 18.6. The van der Waals surface area contributed by atoms with Gasteiger partial charge in [0.1, 0.15) is 0 Å². The first-order valence-electron chi connectivity index (χ1n) is 22.5. The van der Waals surface area contributed by atoms with Crippen molar-refractivity contribution >= 4 is 70.8 Å². The SMILES string of the molecule is CCC[C@H](C)[C@H](CC(=O)[C@H](CCSC)NC(=O)Nc1ccc(CNC(=O)CN2CCN(CC(=O)O)CCN(CC(=O)O)CCN(CC(=O)O)CC2)cc1)C(=O)NCCN1C(=O)CC(C)C1=O. The maximum Gasteiger partial charge on any atom is 0.319 e. The summed E-state index contributed by atoms with van der Waals surface area (Å²) in [6.07, 6.45) is 3.75. The molecular formula is C44H69N9O12S. The highest BCUT2D eigenvalue weighted by Gasteiger charge is 2.36. The van der Waals surface area contributed by atoms with Crippen LogP contribution in [-0.2, 0) is 44.9 Å². The lowest BCUT2D eigenvalue weighted by Crippen LogP contribution is -2.49. The first kappa shape index (κ1) is 55.2. The van der Waals surface area contributed by atoms with Crippen molar-refractivity contribution in [2.24, 2.45) is 17.8 Å². The molecule has 1 unspecified atom stereocenters. The molecule has 6 amide bonds. The molecule has 1 aromatic rings. The van der Waals surface area contributed by atoms with Crippen LogP contribution < -0.4 is 21.3 Å². The van der Waals surface area contributed by atoms with Gasteiger partial charge in [0.25, 0.3) is 0 Å². The third kappa shape index (κ3) is 20.1. The lowest BCUT2D eigenvalue weighted by molar-refractivity contribution is -0.140. The summed E-state index contributed by atoms with van der Waals surface area (Å²) in [6.45, 7) is 7.19. The van der Waals surface area contributed by atoms with Gasteiger partial charge >= 0.3 is 23.9 Å². The van der Waals surface area contributed by atoms with Gasteiger partial charge in [-0.25, -0.2) is 4.79 Å². The fourth-order valence-electron chi connectivity index (χ4n) is 7.90. The van der Waals surface area contributed by atoms with E-state index < -0.39 is 35.9 Å². The minimum absolute atomic E-state index is 0.0470. The van der Waals surface area contributed by atoms with Crippen LogP contribution in [0.4, 0.5) is 10.5 Å². The number of aliphatic carboxylic acids is 3. The Labute approximate surface area is 390 Å². The number of nitrogens with zero attached hydrogens (tertiary/aromatic N) is 5. The van der Waals surface area contributed by atoms with E-state index >= 15 is 0 Å². The van der Waals surface area contributed by atoms with Gasteiger partial charge in [-0.1, -0.05) is 45.7 Å². The molecule has 7 N–H and O–H groups in total. The van der Waals surface area contributed by atoms with E-state index in [2.05, 4.69) is 21.3 Å². The minimum Gasteiger partial charge on any atom is -0.480 e. The molecule has 0 bridgehead atoms. The Morgan fingerprint density at radius 2 is 1.27 bits per heavy atom. The van der Waals surface area contributed by atoms with Gasteiger partial charge in [-0.2, -0.15) is 11.8 Å². The highest BCUT2D eigenvalue weighted by Crippen LogP contribution is 2.23. The van der Waals surface area contributed by atoms with Gasteiger partial charge in [-0.3, -0.25) is 62.9 Å². The van der Waals surface area contributed by atoms with Crippen LogP contribution in [0.2, 0.25) is 0 Å². The van der Waals surface area contributed by atoms with Crippen LogP contribution in [0, 0.1) is 17.8 Å². The number of anilines is 1. The third-order valence-corrected chi connectivity index (χ3v) is 12.3. The number of benzene rings is 1. The highest BCUT2D eigenvalue weighted by molar-refractivity contribution is 7.98. The number of likely N-dealkylation sites (tertiary alicyclic amines) is 1. The molecule has 368 valence electrons. The Balaban J connectivity index is 1.58. The fourth-order valence-corrected chi connectivity index (χ4v) is 8.37. The molecule has 0 aromatic heterocycles. The van der Waals surface area contributed by atoms with E-state index in [9.17, 15) is 58.5 Å². The van der Waals surface area contributed by atoms with Crippen molar-refractivity contribution < 1.29 is 58.5 Å². The van der Waals surface area contributed by atoms with Crippen molar-refractivity contribution in [3.05, 3.63) is 29.8 Å². The zero-order valence-electron chi connectivity index (χ0n) is 38.6. The summed E-state index contributed by atoms with van der Waals surface area (Å²) < 4.78 is 0. The molecule has 2 heterocycles. The monoisotopic (exact) mass is 947 g/mol. The number of Topliss-reactive ketones (excluding diaryl/α,β-unsaturated/α-hetero) is 1. The molecule has 3 rings (SSSR count). The molecule has 0 radical (unpaired) electrons. The van der Waals surface area contributed by atoms with Crippen molar-refractivity contribution in [2.75, 3.05) is 109 Å². The van der Waals surface area contributed by atoms with Crippen LogP contribution >= 0.6 is 11.8 Å². The number of carboxylic acids is 3. The van der Waals surface area contributed by atoms with E-state index in [4.69, 9.17) is 0 Å². The molecule has 0 aliphatic carbocycles. The lowest BCUT2D eigenvalue weighted by Gasteiger charge is -2.32. The Morgan fingerprint density at radius 1 is 0.758 bits per heavy atom. The fraction of sp³-hybridized carbons (Fsp3) is 0.659. The maximum atomic E-state index is 13.8. The number of carboxylic acid groups (broad SMARTS) is 3. The maximum absolute atomic E-state index is 13.8. The number of rotatable bonds is 25. The number of thioether (sulfide) groups is 1. The van der Waals surface area contributed by atoms with Crippen molar-refractivity contribution in [1.29, 1.82) is 0 Å². The van der Waals surface area contributed by atoms with Gasteiger partial charge in [-0.15, -0.1) is 0 Å². The van der Waals surface area contributed by atoms with E-state index in [0.29, 0.717) is 37.4 Å². The summed E-state index contributed by atoms with van der Waals surface area (Å²) in [5.41, 5.74) is 1.15. The van der Waals surface area contributed by atoms with Crippen LogP contribution in [0.1, 0.15) is 58.4 Å². The summed E-state index contributed by atoms with van der Waals surface area (Å²) in [6, 6.07) is 5.26. The average Bonchev–Trinajstić information content (AvgIpc) is 3.49. The second-order valence-electron chi connectivity index (χ2n) is 17.0. The van der Waals surface area contributed by atoms with Crippen molar-refractivity contribution in [2.45, 2.75) is 65.5 Å². The first-order chi connectivity index (χ1) is 31.4. The number of carbonyl (C=O) groups excluding carboxylic acids is 6. The molecule has 2 aliphatic heterocycles. The third-order valence-electron chi connectivity index (χ3n) is 11.7.